The van der Waals surface area contributed by atoms with E-state index in [-0.39, 0.29) is 6.04 Å². The topological polar surface area (TPSA) is 36.8 Å². The van der Waals surface area contributed by atoms with Gasteiger partial charge in [-0.3, -0.25) is 9.80 Å². The van der Waals surface area contributed by atoms with Crippen molar-refractivity contribution < 1.29 is 0 Å². The van der Waals surface area contributed by atoms with E-state index >= 15 is 0 Å². The smallest absolute Gasteiger partial charge is 0.0995 e. The van der Waals surface area contributed by atoms with Crippen molar-refractivity contribution in [1.29, 1.82) is 5.26 Å². The van der Waals surface area contributed by atoms with E-state index in [0.29, 0.717) is 0 Å². The van der Waals surface area contributed by atoms with Crippen LogP contribution in [0.4, 0.5) is 5.69 Å². The van der Waals surface area contributed by atoms with E-state index in [1.54, 1.807) is 0 Å². The van der Waals surface area contributed by atoms with Gasteiger partial charge in [0.25, 0.3) is 0 Å². The first-order valence-corrected chi connectivity index (χ1v) is 12.5. The van der Waals surface area contributed by atoms with Gasteiger partial charge in [0.2, 0.25) is 0 Å². The molecule has 0 spiro atoms. The highest BCUT2D eigenvalue weighted by molar-refractivity contribution is 5.53. The lowest BCUT2D eigenvalue weighted by Crippen LogP contribution is -2.47. The zero-order valence-electron chi connectivity index (χ0n) is 21.3. The number of piperazine rings is 1. The first kappa shape index (κ1) is 24.9. The van der Waals surface area contributed by atoms with Gasteiger partial charge in [0.05, 0.1) is 17.7 Å². The first-order chi connectivity index (χ1) is 17.0. The SMILES string of the molecule is CN(C)CCN(C)c1ccc(C#N)c(CN2CCN(C(c3ccccc3)c3ccccc3)CC2)c1. The number of hydrogen-bond donors (Lipinski definition) is 0. The maximum atomic E-state index is 9.72. The molecule has 1 saturated heterocycles. The van der Waals surface area contributed by atoms with Crippen molar-refractivity contribution in [2.24, 2.45) is 0 Å². The minimum absolute atomic E-state index is 0.267. The van der Waals surface area contributed by atoms with E-state index in [9.17, 15) is 5.26 Å². The van der Waals surface area contributed by atoms with Gasteiger partial charge in [-0.1, -0.05) is 60.7 Å². The van der Waals surface area contributed by atoms with Crippen LogP contribution in [0.15, 0.2) is 78.9 Å². The van der Waals surface area contributed by atoms with E-state index in [1.165, 1.54) is 16.8 Å². The average molecular weight is 468 g/mol. The normalized spacial score (nSPS) is 14.9. The minimum Gasteiger partial charge on any atom is -0.373 e. The van der Waals surface area contributed by atoms with Crippen LogP contribution in [-0.4, -0.2) is 75.1 Å². The Balaban J connectivity index is 1.45. The molecule has 5 heteroatoms. The summed E-state index contributed by atoms with van der Waals surface area (Å²) in [4.78, 5) is 9.55. The molecular weight excluding hydrogens is 430 g/mol. The second kappa shape index (κ2) is 12.0. The number of rotatable bonds is 9. The summed E-state index contributed by atoms with van der Waals surface area (Å²) in [6, 6.07) is 30.6. The molecule has 3 aromatic carbocycles. The largest absolute Gasteiger partial charge is 0.373 e. The second-order valence-electron chi connectivity index (χ2n) is 9.71. The predicted molar refractivity (Wildman–Crippen MR) is 145 cm³/mol. The number of likely N-dealkylation sites (N-methyl/N-ethyl adjacent to an activating group) is 2. The molecule has 0 atom stereocenters. The highest BCUT2D eigenvalue weighted by Crippen LogP contribution is 2.30. The number of anilines is 1. The summed E-state index contributed by atoms with van der Waals surface area (Å²) in [5.41, 5.74) is 5.76. The molecule has 0 unspecified atom stereocenters. The first-order valence-electron chi connectivity index (χ1n) is 12.5. The second-order valence-corrected chi connectivity index (χ2v) is 9.71. The van der Waals surface area contributed by atoms with E-state index in [2.05, 4.69) is 120 Å². The highest BCUT2D eigenvalue weighted by Gasteiger charge is 2.26. The molecule has 1 fully saturated rings. The molecule has 1 aliphatic heterocycles. The van der Waals surface area contributed by atoms with Crippen molar-refractivity contribution in [2.45, 2.75) is 12.6 Å². The third-order valence-corrected chi connectivity index (χ3v) is 6.93. The lowest BCUT2D eigenvalue weighted by molar-refractivity contribution is 0.105. The molecule has 0 aliphatic carbocycles. The molecule has 0 saturated carbocycles. The fourth-order valence-electron chi connectivity index (χ4n) is 4.84. The lowest BCUT2D eigenvalue weighted by atomic mass is 9.96. The van der Waals surface area contributed by atoms with Gasteiger partial charge < -0.3 is 9.80 Å². The van der Waals surface area contributed by atoms with Gasteiger partial charge in [-0.25, -0.2) is 0 Å². The van der Waals surface area contributed by atoms with Crippen molar-refractivity contribution in [3.05, 3.63) is 101 Å². The third-order valence-electron chi connectivity index (χ3n) is 6.93. The number of nitrogens with zero attached hydrogens (tertiary/aromatic N) is 5. The summed E-state index contributed by atoms with van der Waals surface area (Å²) in [7, 11) is 6.32. The molecule has 0 aromatic heterocycles. The quantitative estimate of drug-likeness (QED) is 0.464. The Morgan fingerprint density at radius 1 is 0.800 bits per heavy atom. The van der Waals surface area contributed by atoms with Crippen LogP contribution in [0.5, 0.6) is 0 Å². The van der Waals surface area contributed by atoms with Gasteiger partial charge in [-0.05, 0) is 49.0 Å². The molecule has 0 N–H and O–H groups in total. The summed E-state index contributed by atoms with van der Waals surface area (Å²) < 4.78 is 0. The number of hydrogen-bond acceptors (Lipinski definition) is 5. The third kappa shape index (κ3) is 6.49. The van der Waals surface area contributed by atoms with Crippen LogP contribution in [-0.2, 0) is 6.54 Å². The zero-order valence-corrected chi connectivity index (χ0v) is 21.3. The highest BCUT2D eigenvalue weighted by atomic mass is 15.3. The Hall–Kier alpha value is -3.17. The molecule has 1 aliphatic rings. The van der Waals surface area contributed by atoms with E-state index in [0.717, 1.165) is 56.9 Å². The van der Waals surface area contributed by atoms with E-state index < -0.39 is 0 Å². The minimum atomic E-state index is 0.267. The molecule has 4 rings (SSSR count). The van der Waals surface area contributed by atoms with Crippen molar-refractivity contribution in [3.8, 4) is 6.07 Å². The van der Waals surface area contributed by atoms with Crippen molar-refractivity contribution in [3.63, 3.8) is 0 Å². The van der Waals surface area contributed by atoms with Crippen LogP contribution in [0.25, 0.3) is 0 Å². The summed E-state index contributed by atoms with van der Waals surface area (Å²) in [5.74, 6) is 0. The van der Waals surface area contributed by atoms with Crippen molar-refractivity contribution in [1.82, 2.24) is 14.7 Å². The molecular formula is C30H37N5. The van der Waals surface area contributed by atoms with Gasteiger partial charge in [0.1, 0.15) is 0 Å². The Labute approximate surface area is 210 Å². The predicted octanol–water partition coefficient (Wildman–Crippen LogP) is 4.46. The summed E-state index contributed by atoms with van der Waals surface area (Å²) in [6.07, 6.45) is 0. The summed E-state index contributed by atoms with van der Waals surface area (Å²) in [6.45, 7) is 6.74. The average Bonchev–Trinajstić information content (AvgIpc) is 2.89. The van der Waals surface area contributed by atoms with Gasteiger partial charge in [0.15, 0.2) is 0 Å². The van der Waals surface area contributed by atoms with E-state index in [1.807, 2.05) is 6.07 Å². The Bertz CT molecular complexity index is 1060. The molecule has 1 heterocycles. The van der Waals surface area contributed by atoms with Gasteiger partial charge >= 0.3 is 0 Å². The number of benzene rings is 3. The molecule has 5 nitrogen and oxygen atoms in total. The van der Waals surface area contributed by atoms with Crippen LogP contribution in [0.1, 0.15) is 28.3 Å². The molecule has 0 amide bonds. The summed E-state index contributed by atoms with van der Waals surface area (Å²) in [5, 5.41) is 9.72. The van der Waals surface area contributed by atoms with Crippen LogP contribution >= 0.6 is 0 Å². The Morgan fingerprint density at radius 3 is 1.94 bits per heavy atom. The monoisotopic (exact) mass is 467 g/mol. The standard InChI is InChI=1S/C30H37N5/c1-32(2)16-17-33(3)29-15-14-27(23-31)28(22-29)24-34-18-20-35(21-19-34)30(25-10-6-4-7-11-25)26-12-8-5-9-13-26/h4-15,22,30H,16-21,24H2,1-3H3. The lowest BCUT2D eigenvalue weighted by Gasteiger charge is -2.40. The Morgan fingerprint density at radius 2 is 1.40 bits per heavy atom. The maximum Gasteiger partial charge on any atom is 0.0995 e. The van der Waals surface area contributed by atoms with Gasteiger partial charge in [-0.15, -0.1) is 0 Å². The van der Waals surface area contributed by atoms with Crippen LogP contribution in [0.2, 0.25) is 0 Å². The molecule has 0 bridgehead atoms. The van der Waals surface area contributed by atoms with Crippen LogP contribution in [0, 0.1) is 11.3 Å². The summed E-state index contributed by atoms with van der Waals surface area (Å²) >= 11 is 0. The van der Waals surface area contributed by atoms with Gasteiger partial charge in [0, 0.05) is 58.5 Å². The van der Waals surface area contributed by atoms with Crippen molar-refractivity contribution in [2.75, 3.05) is 65.3 Å². The number of nitriles is 1. The Kier molecular flexibility index (Phi) is 8.54. The fourth-order valence-corrected chi connectivity index (χ4v) is 4.84. The van der Waals surface area contributed by atoms with Crippen molar-refractivity contribution >= 4 is 5.69 Å². The molecule has 3 aromatic rings. The van der Waals surface area contributed by atoms with Crippen LogP contribution < -0.4 is 4.90 Å². The van der Waals surface area contributed by atoms with Crippen LogP contribution in [0.3, 0.4) is 0 Å². The zero-order chi connectivity index (χ0) is 24.6. The molecule has 35 heavy (non-hydrogen) atoms. The van der Waals surface area contributed by atoms with E-state index in [4.69, 9.17) is 0 Å². The molecule has 0 radical (unpaired) electrons. The maximum absolute atomic E-state index is 9.72. The molecule has 182 valence electrons. The van der Waals surface area contributed by atoms with Gasteiger partial charge in [-0.2, -0.15) is 5.26 Å². The fraction of sp³-hybridized carbons (Fsp3) is 0.367.